The molecule has 78 valence electrons. The lowest BCUT2D eigenvalue weighted by molar-refractivity contribution is -0.136. The zero-order chi connectivity index (χ0) is 10.6. The predicted octanol–water partition coefficient (Wildman–Crippen LogP) is 2.42. The Balaban J connectivity index is 2.48. The molecule has 0 bridgehead atoms. The van der Waals surface area contributed by atoms with Crippen molar-refractivity contribution in [1.29, 1.82) is 0 Å². The number of pyridine rings is 1. The van der Waals surface area contributed by atoms with Gasteiger partial charge in [-0.1, -0.05) is 6.07 Å². The fraction of sp³-hybridized carbons (Fsp3) is 0.444. The zero-order valence-electron chi connectivity index (χ0n) is 7.46. The van der Waals surface area contributed by atoms with E-state index >= 15 is 0 Å². The Bertz CT molecular complexity index is 271. The number of nitrogens with two attached hydrogens (primary N) is 1. The molecule has 0 aliphatic rings. The van der Waals surface area contributed by atoms with Gasteiger partial charge in [0, 0.05) is 24.9 Å². The maximum atomic E-state index is 11.9. The number of rotatable bonds is 3. The molecule has 2 nitrogen and oxygen atoms in total. The van der Waals surface area contributed by atoms with Crippen molar-refractivity contribution in [2.75, 3.05) is 0 Å². The summed E-state index contributed by atoms with van der Waals surface area (Å²) in [6, 6.07) is 2.74. The van der Waals surface area contributed by atoms with Crippen LogP contribution in [0.2, 0.25) is 0 Å². The molecule has 0 aliphatic heterocycles. The maximum absolute atomic E-state index is 11.9. The minimum atomic E-state index is -4.14. The van der Waals surface area contributed by atoms with Crippen LogP contribution in [0.3, 0.4) is 0 Å². The van der Waals surface area contributed by atoms with Gasteiger partial charge >= 0.3 is 6.18 Å². The Morgan fingerprint density at radius 3 is 2.64 bits per heavy atom. The lowest BCUT2D eigenvalue weighted by atomic mass is 10.1. The number of nitrogens with zero attached hydrogens (tertiary/aromatic N) is 1. The minimum Gasteiger partial charge on any atom is -0.324 e. The zero-order valence-corrected chi connectivity index (χ0v) is 7.46. The summed E-state index contributed by atoms with van der Waals surface area (Å²) in [5.41, 5.74) is 6.20. The van der Waals surface area contributed by atoms with Crippen LogP contribution in [0.15, 0.2) is 24.5 Å². The number of alkyl halides is 3. The highest BCUT2D eigenvalue weighted by Gasteiger charge is 2.27. The third-order valence-corrected chi connectivity index (χ3v) is 1.85. The van der Waals surface area contributed by atoms with E-state index in [1.54, 1.807) is 18.3 Å². The lowest BCUT2D eigenvalue weighted by Crippen LogP contribution is -2.15. The van der Waals surface area contributed by atoms with Crippen molar-refractivity contribution in [3.05, 3.63) is 30.1 Å². The quantitative estimate of drug-likeness (QED) is 0.821. The van der Waals surface area contributed by atoms with Crippen molar-refractivity contribution in [1.82, 2.24) is 4.98 Å². The van der Waals surface area contributed by atoms with E-state index in [0.717, 1.165) is 0 Å². The van der Waals surface area contributed by atoms with Crippen LogP contribution in [0.5, 0.6) is 0 Å². The minimum absolute atomic E-state index is 0.102. The van der Waals surface area contributed by atoms with Crippen molar-refractivity contribution >= 4 is 0 Å². The predicted molar refractivity (Wildman–Crippen MR) is 46.5 cm³/mol. The summed E-state index contributed by atoms with van der Waals surface area (Å²) in [6.07, 6.45) is -2.06. The number of hydrogen-bond donors (Lipinski definition) is 1. The third-order valence-electron chi connectivity index (χ3n) is 1.85. The molecule has 2 N–H and O–H groups in total. The summed E-state index contributed by atoms with van der Waals surface area (Å²) >= 11 is 0. The smallest absolute Gasteiger partial charge is 0.324 e. The molecule has 0 spiro atoms. The first-order valence-electron chi connectivity index (χ1n) is 4.21. The van der Waals surface area contributed by atoms with Crippen LogP contribution < -0.4 is 5.73 Å². The summed E-state index contributed by atoms with van der Waals surface area (Å²) in [6.45, 7) is 0. The molecule has 0 aromatic carbocycles. The monoisotopic (exact) mass is 204 g/mol. The molecule has 1 aromatic rings. The topological polar surface area (TPSA) is 38.9 Å². The highest BCUT2D eigenvalue weighted by atomic mass is 19.4. The van der Waals surface area contributed by atoms with Crippen LogP contribution in [0.1, 0.15) is 24.4 Å². The van der Waals surface area contributed by atoms with Gasteiger partial charge in [-0.05, 0) is 18.1 Å². The van der Waals surface area contributed by atoms with Gasteiger partial charge in [0.05, 0.1) is 0 Å². The van der Waals surface area contributed by atoms with Crippen LogP contribution in [-0.2, 0) is 0 Å². The lowest BCUT2D eigenvalue weighted by Gasteiger charge is -2.12. The Labute approximate surface area is 79.9 Å². The standard InChI is InChI=1S/C9H11F3N2/c10-9(11,12)4-3-8(13)7-2-1-5-14-6-7/h1-2,5-6,8H,3-4,13H2/t8-/m0/s1. The van der Waals surface area contributed by atoms with Gasteiger partial charge in [-0.25, -0.2) is 0 Å². The van der Waals surface area contributed by atoms with E-state index in [0.29, 0.717) is 5.56 Å². The molecule has 1 aromatic heterocycles. The van der Waals surface area contributed by atoms with E-state index in [9.17, 15) is 13.2 Å². The molecule has 1 atom stereocenters. The van der Waals surface area contributed by atoms with E-state index in [1.165, 1.54) is 6.20 Å². The highest BCUT2D eigenvalue weighted by Crippen LogP contribution is 2.25. The van der Waals surface area contributed by atoms with Gasteiger partial charge in [0.2, 0.25) is 0 Å². The Kier molecular flexibility index (Phi) is 3.46. The molecule has 1 heterocycles. The van der Waals surface area contributed by atoms with Crippen molar-refractivity contribution < 1.29 is 13.2 Å². The maximum Gasteiger partial charge on any atom is 0.389 e. The van der Waals surface area contributed by atoms with E-state index in [2.05, 4.69) is 4.98 Å². The number of hydrogen-bond acceptors (Lipinski definition) is 2. The molecule has 0 amide bonds. The molecular formula is C9H11F3N2. The molecule has 0 radical (unpaired) electrons. The van der Waals surface area contributed by atoms with Crippen molar-refractivity contribution in [3.8, 4) is 0 Å². The van der Waals surface area contributed by atoms with E-state index in [-0.39, 0.29) is 6.42 Å². The summed E-state index contributed by atoms with van der Waals surface area (Å²) in [5, 5.41) is 0. The summed E-state index contributed by atoms with van der Waals surface area (Å²) < 4.78 is 35.6. The van der Waals surface area contributed by atoms with Crippen LogP contribution in [0.4, 0.5) is 13.2 Å². The van der Waals surface area contributed by atoms with Gasteiger partial charge in [-0.15, -0.1) is 0 Å². The van der Waals surface area contributed by atoms with Crippen molar-refractivity contribution in [2.45, 2.75) is 25.1 Å². The van der Waals surface area contributed by atoms with Gasteiger partial charge < -0.3 is 5.73 Å². The molecule has 1 rings (SSSR count). The molecule has 0 fully saturated rings. The summed E-state index contributed by atoms with van der Waals surface area (Å²) in [7, 11) is 0. The van der Waals surface area contributed by atoms with Crippen LogP contribution in [0, 0.1) is 0 Å². The van der Waals surface area contributed by atoms with Gasteiger partial charge in [-0.3, -0.25) is 4.98 Å². The second-order valence-electron chi connectivity index (χ2n) is 3.05. The fourth-order valence-corrected chi connectivity index (χ4v) is 1.08. The van der Waals surface area contributed by atoms with E-state index < -0.39 is 18.6 Å². The van der Waals surface area contributed by atoms with Gasteiger partial charge in [0.25, 0.3) is 0 Å². The average molecular weight is 204 g/mol. The Morgan fingerprint density at radius 2 is 2.14 bits per heavy atom. The molecule has 0 unspecified atom stereocenters. The molecule has 14 heavy (non-hydrogen) atoms. The first-order chi connectivity index (χ1) is 6.49. The first-order valence-corrected chi connectivity index (χ1v) is 4.21. The fourth-order valence-electron chi connectivity index (χ4n) is 1.08. The number of aromatic nitrogens is 1. The number of halogens is 3. The Morgan fingerprint density at radius 1 is 1.43 bits per heavy atom. The molecule has 5 heteroatoms. The second kappa shape index (κ2) is 4.41. The third kappa shape index (κ3) is 3.74. The molecule has 0 aliphatic carbocycles. The van der Waals surface area contributed by atoms with E-state index in [1.807, 2.05) is 0 Å². The highest BCUT2D eigenvalue weighted by molar-refractivity contribution is 5.12. The second-order valence-corrected chi connectivity index (χ2v) is 3.05. The Hall–Kier alpha value is -1.10. The first kappa shape index (κ1) is 11.0. The average Bonchev–Trinajstić information content (AvgIpc) is 2.14. The normalized spacial score (nSPS) is 14.0. The SMILES string of the molecule is N[C@@H](CCC(F)(F)F)c1cccnc1. The molecule has 0 saturated heterocycles. The van der Waals surface area contributed by atoms with E-state index in [4.69, 9.17) is 5.73 Å². The van der Waals surface area contributed by atoms with Gasteiger partial charge in [0.1, 0.15) is 0 Å². The summed E-state index contributed by atoms with van der Waals surface area (Å²) in [5.74, 6) is 0. The summed E-state index contributed by atoms with van der Waals surface area (Å²) in [4.78, 5) is 3.79. The van der Waals surface area contributed by atoms with Crippen LogP contribution in [0.25, 0.3) is 0 Å². The van der Waals surface area contributed by atoms with Crippen LogP contribution in [-0.4, -0.2) is 11.2 Å². The largest absolute Gasteiger partial charge is 0.389 e. The van der Waals surface area contributed by atoms with Gasteiger partial charge in [0.15, 0.2) is 0 Å². The molecular weight excluding hydrogens is 193 g/mol. The van der Waals surface area contributed by atoms with Crippen molar-refractivity contribution in [2.24, 2.45) is 5.73 Å². The molecule has 0 saturated carbocycles. The van der Waals surface area contributed by atoms with Crippen molar-refractivity contribution in [3.63, 3.8) is 0 Å². The van der Waals surface area contributed by atoms with Gasteiger partial charge in [-0.2, -0.15) is 13.2 Å². The van der Waals surface area contributed by atoms with Crippen LogP contribution >= 0.6 is 0 Å².